The summed E-state index contributed by atoms with van der Waals surface area (Å²) in [6, 6.07) is 5.53. The molecular weight excluding hydrogens is 295 g/mol. The molecule has 0 bridgehead atoms. The summed E-state index contributed by atoms with van der Waals surface area (Å²) in [4.78, 5) is 14.3. The second-order valence-corrected chi connectivity index (χ2v) is 6.46. The number of hydrogen-bond acceptors (Lipinski definition) is 2. The molecule has 0 saturated carbocycles. The first-order chi connectivity index (χ1) is 9.45. The topological polar surface area (TPSA) is 32.3 Å². The molecule has 0 aromatic heterocycles. The molecule has 2 atom stereocenters. The number of nitrogens with one attached hydrogen (secondary N) is 1. The van der Waals surface area contributed by atoms with E-state index in [1.807, 2.05) is 4.90 Å². The van der Waals surface area contributed by atoms with Gasteiger partial charge in [0.1, 0.15) is 0 Å². The van der Waals surface area contributed by atoms with E-state index in [-0.39, 0.29) is 12.5 Å². The maximum Gasteiger partial charge on any atom is 0.242 e. The van der Waals surface area contributed by atoms with Crippen LogP contribution in [0.4, 0.5) is 5.69 Å². The van der Waals surface area contributed by atoms with E-state index in [4.69, 9.17) is 23.2 Å². The Morgan fingerprint density at radius 2 is 1.90 bits per heavy atom. The highest BCUT2D eigenvalue weighted by atomic mass is 35.5. The molecule has 1 aliphatic rings. The molecule has 110 valence electrons. The molecule has 3 nitrogen and oxygen atoms in total. The number of carbonyl (C=O) groups is 1. The van der Waals surface area contributed by atoms with Crippen molar-refractivity contribution in [2.75, 3.05) is 18.4 Å². The molecule has 1 saturated heterocycles. The Morgan fingerprint density at radius 1 is 1.25 bits per heavy atom. The first kappa shape index (κ1) is 15.5. The van der Waals surface area contributed by atoms with Crippen molar-refractivity contribution < 1.29 is 4.79 Å². The molecule has 1 amide bonds. The van der Waals surface area contributed by atoms with Crippen molar-refractivity contribution in [3.05, 3.63) is 28.2 Å². The lowest BCUT2D eigenvalue weighted by Crippen LogP contribution is -2.47. The molecule has 20 heavy (non-hydrogen) atoms. The second-order valence-electron chi connectivity index (χ2n) is 5.59. The van der Waals surface area contributed by atoms with Crippen molar-refractivity contribution in [1.29, 1.82) is 0 Å². The lowest BCUT2D eigenvalue weighted by molar-refractivity contribution is -0.133. The van der Waals surface area contributed by atoms with Gasteiger partial charge < -0.3 is 10.2 Å². The number of carbonyl (C=O) groups excluding carboxylic acids is 1. The Balaban J connectivity index is 1.94. The van der Waals surface area contributed by atoms with Gasteiger partial charge in [0, 0.05) is 28.3 Å². The number of likely N-dealkylation sites (tertiary alicyclic amines) is 1. The Labute approximate surface area is 130 Å². The largest absolute Gasteiger partial charge is 0.376 e. The van der Waals surface area contributed by atoms with Crippen molar-refractivity contribution >= 4 is 34.8 Å². The van der Waals surface area contributed by atoms with Crippen molar-refractivity contribution in [3.8, 4) is 0 Å². The van der Waals surface area contributed by atoms with E-state index < -0.39 is 0 Å². The van der Waals surface area contributed by atoms with Gasteiger partial charge in [-0.15, -0.1) is 0 Å². The fraction of sp³-hybridized carbons (Fsp3) is 0.533. The molecule has 0 radical (unpaired) electrons. The molecule has 1 fully saturated rings. The molecule has 0 aliphatic carbocycles. The van der Waals surface area contributed by atoms with Gasteiger partial charge in [-0.3, -0.25) is 4.79 Å². The highest BCUT2D eigenvalue weighted by Gasteiger charge is 2.26. The summed E-state index contributed by atoms with van der Waals surface area (Å²) in [5, 5.41) is 4.22. The molecule has 1 aromatic carbocycles. The van der Waals surface area contributed by atoms with Crippen LogP contribution in [0.25, 0.3) is 0 Å². The number of piperidine rings is 1. The number of halogens is 2. The lowest BCUT2D eigenvalue weighted by atomic mass is 9.95. The van der Waals surface area contributed by atoms with Crippen molar-refractivity contribution in [2.45, 2.75) is 32.7 Å². The van der Waals surface area contributed by atoms with E-state index in [1.165, 1.54) is 6.42 Å². The van der Waals surface area contributed by atoms with Gasteiger partial charge in [-0.05, 0) is 43.9 Å². The van der Waals surface area contributed by atoms with E-state index in [2.05, 4.69) is 19.2 Å². The Bertz CT molecular complexity index is 473. The third-order valence-electron chi connectivity index (χ3n) is 3.74. The Morgan fingerprint density at radius 3 is 2.55 bits per heavy atom. The number of anilines is 1. The monoisotopic (exact) mass is 314 g/mol. The van der Waals surface area contributed by atoms with E-state index in [0.29, 0.717) is 22.0 Å². The first-order valence-electron chi connectivity index (χ1n) is 6.95. The number of amides is 1. The van der Waals surface area contributed by atoms with E-state index >= 15 is 0 Å². The van der Waals surface area contributed by atoms with Crippen LogP contribution in [-0.4, -0.2) is 29.9 Å². The molecule has 0 spiro atoms. The van der Waals surface area contributed by atoms with Crippen molar-refractivity contribution in [1.82, 2.24) is 4.90 Å². The van der Waals surface area contributed by atoms with E-state index in [0.717, 1.165) is 18.7 Å². The molecule has 1 heterocycles. The minimum absolute atomic E-state index is 0.125. The quantitative estimate of drug-likeness (QED) is 0.912. The smallest absolute Gasteiger partial charge is 0.242 e. The van der Waals surface area contributed by atoms with Crippen molar-refractivity contribution in [3.63, 3.8) is 0 Å². The summed E-state index contributed by atoms with van der Waals surface area (Å²) in [6.45, 7) is 5.42. The zero-order valence-electron chi connectivity index (χ0n) is 11.8. The van der Waals surface area contributed by atoms with Gasteiger partial charge in [-0.1, -0.05) is 30.1 Å². The first-order valence-corrected chi connectivity index (χ1v) is 7.70. The molecule has 2 unspecified atom stereocenters. The summed E-state index contributed by atoms with van der Waals surface area (Å²) in [5.74, 6) is 0.705. The van der Waals surface area contributed by atoms with Gasteiger partial charge in [0.25, 0.3) is 0 Å². The molecular formula is C15H20Cl2N2O. The standard InChI is InChI=1S/C15H20Cl2N2O/c1-10-3-4-11(2)19(9-10)15(20)8-18-14-6-12(16)5-13(17)7-14/h5-7,10-11,18H,3-4,8-9H2,1-2H3. The molecule has 5 heteroatoms. The fourth-order valence-electron chi connectivity index (χ4n) is 2.57. The van der Waals surface area contributed by atoms with Gasteiger partial charge >= 0.3 is 0 Å². The van der Waals surface area contributed by atoms with Crippen LogP contribution in [0.15, 0.2) is 18.2 Å². The van der Waals surface area contributed by atoms with Crippen LogP contribution in [-0.2, 0) is 4.79 Å². The number of nitrogens with zero attached hydrogens (tertiary/aromatic N) is 1. The number of rotatable bonds is 3. The van der Waals surface area contributed by atoms with Crippen LogP contribution < -0.4 is 5.32 Å². The number of benzene rings is 1. The zero-order chi connectivity index (χ0) is 14.7. The van der Waals surface area contributed by atoms with Crippen LogP contribution in [0.5, 0.6) is 0 Å². The van der Waals surface area contributed by atoms with Crippen LogP contribution in [0.1, 0.15) is 26.7 Å². The maximum atomic E-state index is 12.3. The van der Waals surface area contributed by atoms with Crippen LogP contribution in [0.2, 0.25) is 10.0 Å². The predicted octanol–water partition coefficient (Wildman–Crippen LogP) is 4.05. The molecule has 1 aromatic rings. The average Bonchev–Trinajstić information content (AvgIpc) is 2.38. The summed E-state index contributed by atoms with van der Waals surface area (Å²) in [5.41, 5.74) is 0.772. The second kappa shape index (κ2) is 6.68. The Kier molecular flexibility index (Phi) is 5.17. The van der Waals surface area contributed by atoms with Gasteiger partial charge in [-0.25, -0.2) is 0 Å². The van der Waals surface area contributed by atoms with Crippen molar-refractivity contribution in [2.24, 2.45) is 5.92 Å². The van der Waals surface area contributed by atoms with Crippen LogP contribution in [0.3, 0.4) is 0 Å². The van der Waals surface area contributed by atoms with Gasteiger partial charge in [0.15, 0.2) is 0 Å². The SMILES string of the molecule is CC1CCC(C)N(C(=O)CNc2cc(Cl)cc(Cl)c2)C1. The van der Waals surface area contributed by atoms with E-state index in [9.17, 15) is 4.79 Å². The maximum absolute atomic E-state index is 12.3. The van der Waals surface area contributed by atoms with Crippen LogP contribution >= 0.6 is 23.2 Å². The molecule has 1 N–H and O–H groups in total. The van der Waals surface area contributed by atoms with Crippen LogP contribution in [0, 0.1) is 5.92 Å². The molecule has 2 rings (SSSR count). The zero-order valence-corrected chi connectivity index (χ0v) is 13.3. The lowest BCUT2D eigenvalue weighted by Gasteiger charge is -2.37. The van der Waals surface area contributed by atoms with Gasteiger partial charge in [0.05, 0.1) is 6.54 Å². The van der Waals surface area contributed by atoms with Gasteiger partial charge in [-0.2, -0.15) is 0 Å². The summed E-state index contributed by atoms with van der Waals surface area (Å²) in [7, 11) is 0. The minimum atomic E-state index is 0.125. The Hall–Kier alpha value is -0.930. The summed E-state index contributed by atoms with van der Waals surface area (Å²) < 4.78 is 0. The predicted molar refractivity (Wildman–Crippen MR) is 84.5 cm³/mol. The highest BCUT2D eigenvalue weighted by Crippen LogP contribution is 2.23. The van der Waals surface area contributed by atoms with Gasteiger partial charge in [0.2, 0.25) is 5.91 Å². The van der Waals surface area contributed by atoms with E-state index in [1.54, 1.807) is 18.2 Å². The minimum Gasteiger partial charge on any atom is -0.376 e. The molecule has 1 aliphatic heterocycles. The fourth-order valence-corrected chi connectivity index (χ4v) is 3.10. The third-order valence-corrected chi connectivity index (χ3v) is 4.18. The highest BCUT2D eigenvalue weighted by molar-refractivity contribution is 6.35. The number of hydrogen-bond donors (Lipinski definition) is 1. The average molecular weight is 315 g/mol. The normalized spacial score (nSPS) is 22.7. The third kappa shape index (κ3) is 4.03. The summed E-state index contributed by atoms with van der Waals surface area (Å²) >= 11 is 11.9. The summed E-state index contributed by atoms with van der Waals surface area (Å²) in [6.07, 6.45) is 2.28.